The second-order valence-electron chi connectivity index (χ2n) is 4.17. The molecule has 116 valence electrons. The van der Waals surface area contributed by atoms with E-state index in [4.69, 9.17) is 13.0 Å². The monoisotopic (exact) mass is 330 g/mol. The van der Waals surface area contributed by atoms with E-state index >= 15 is 0 Å². The molecule has 2 aromatic heterocycles. The first kappa shape index (κ1) is 16.1. The number of aromatic nitrogens is 2. The van der Waals surface area contributed by atoms with Crippen LogP contribution in [0.25, 0.3) is 21.8 Å². The summed E-state index contributed by atoms with van der Waals surface area (Å²) in [6.07, 6.45) is 3.75. The number of fused-ring (bicyclic) bond motifs is 3. The molecule has 9 heteroatoms. The summed E-state index contributed by atoms with van der Waals surface area (Å²) < 4.78 is 58.9. The van der Waals surface area contributed by atoms with Crippen molar-refractivity contribution in [2.24, 2.45) is 0 Å². The summed E-state index contributed by atoms with van der Waals surface area (Å²) in [6, 6.07) is 12.3. The van der Waals surface area contributed by atoms with Gasteiger partial charge in [0.1, 0.15) is 5.52 Å². The topological polar surface area (TPSA) is 84.2 Å². The van der Waals surface area contributed by atoms with Gasteiger partial charge < -0.3 is 4.55 Å². The van der Waals surface area contributed by atoms with Crippen molar-refractivity contribution in [2.75, 3.05) is 0 Å². The van der Waals surface area contributed by atoms with E-state index in [2.05, 4.69) is 34.2 Å². The highest BCUT2D eigenvalue weighted by Crippen LogP contribution is 2.20. The minimum absolute atomic E-state index is 1.03. The van der Waals surface area contributed by atoms with E-state index in [0.29, 0.717) is 0 Å². The molecule has 0 fully saturated rings. The van der Waals surface area contributed by atoms with Gasteiger partial charge in [-0.15, -0.1) is 0 Å². The number of hydrogen-bond acceptors (Lipinski definition) is 4. The zero-order chi connectivity index (χ0) is 16.4. The van der Waals surface area contributed by atoms with E-state index in [1.165, 1.54) is 10.8 Å². The maximum absolute atomic E-state index is 10.7. The summed E-state index contributed by atoms with van der Waals surface area (Å²) in [5.74, 6) is 0. The van der Waals surface area contributed by atoms with Gasteiger partial charge in [0.25, 0.3) is 0 Å². The molecule has 0 saturated carbocycles. The first-order chi connectivity index (χ1) is 10.2. The van der Waals surface area contributed by atoms with Crippen LogP contribution < -0.4 is 4.98 Å². The molecule has 0 unspecified atom stereocenters. The van der Waals surface area contributed by atoms with Crippen molar-refractivity contribution >= 4 is 31.9 Å². The number of pyridine rings is 2. The van der Waals surface area contributed by atoms with Gasteiger partial charge in [0, 0.05) is 23.0 Å². The molecule has 3 rings (SSSR count). The van der Waals surface area contributed by atoms with Crippen LogP contribution in [0, 0.1) is 0 Å². The van der Waals surface area contributed by atoms with Crippen LogP contribution in [0.2, 0.25) is 0 Å². The average molecular weight is 330 g/mol. The van der Waals surface area contributed by atoms with E-state index < -0.39 is 15.6 Å². The van der Waals surface area contributed by atoms with Gasteiger partial charge in [0.2, 0.25) is 5.52 Å². The smallest absolute Gasteiger partial charge is 0.485 e. The SMILES string of the molecule is O=S(=O)([O-])C(F)(F)F.c1cnc2c(c1)ccc1ccc[nH+]c12. The highest BCUT2D eigenvalue weighted by Gasteiger charge is 2.36. The van der Waals surface area contributed by atoms with E-state index in [9.17, 15) is 13.2 Å². The standard InChI is InChI=1S/C12H8N2.CHF3O3S/c1-3-9-5-6-10-4-2-8-14-12(10)11(9)13-7-1;2-1(3,4)8(5,6)7/h1-8H;(H,5,6,7). The van der Waals surface area contributed by atoms with Crippen LogP contribution in [0.4, 0.5) is 13.2 Å². The molecule has 0 amide bonds. The lowest BCUT2D eigenvalue weighted by Crippen LogP contribution is -2.21. The molecule has 0 bridgehead atoms. The average Bonchev–Trinajstić information content (AvgIpc) is 2.46. The summed E-state index contributed by atoms with van der Waals surface area (Å²) in [4.78, 5) is 7.61. The van der Waals surface area contributed by atoms with Crippen molar-refractivity contribution < 1.29 is 31.1 Å². The molecule has 22 heavy (non-hydrogen) atoms. The summed E-state index contributed by atoms with van der Waals surface area (Å²) in [7, 11) is -6.09. The number of benzene rings is 1. The Morgan fingerprint density at radius 3 is 2.27 bits per heavy atom. The van der Waals surface area contributed by atoms with Gasteiger partial charge in [-0.05, 0) is 18.2 Å². The Morgan fingerprint density at radius 2 is 1.64 bits per heavy atom. The number of rotatable bonds is 0. The molecule has 0 spiro atoms. The van der Waals surface area contributed by atoms with E-state index in [0.717, 1.165) is 11.0 Å². The minimum Gasteiger partial charge on any atom is -0.741 e. The molecule has 1 N–H and O–H groups in total. The van der Waals surface area contributed by atoms with Crippen LogP contribution in [0.1, 0.15) is 0 Å². The van der Waals surface area contributed by atoms with Gasteiger partial charge in [-0.3, -0.25) is 0 Å². The van der Waals surface area contributed by atoms with Crippen molar-refractivity contribution in [1.29, 1.82) is 0 Å². The zero-order valence-corrected chi connectivity index (χ0v) is 11.6. The number of halogens is 3. The largest absolute Gasteiger partial charge is 0.741 e. The fourth-order valence-corrected chi connectivity index (χ4v) is 1.73. The van der Waals surface area contributed by atoms with E-state index in [1.54, 1.807) is 0 Å². The van der Waals surface area contributed by atoms with Crippen LogP contribution >= 0.6 is 0 Å². The van der Waals surface area contributed by atoms with Crippen molar-refractivity contribution in [3.8, 4) is 0 Å². The molecule has 0 aliphatic carbocycles. The first-order valence-electron chi connectivity index (χ1n) is 5.86. The Labute approximate surface area is 123 Å². The predicted octanol–water partition coefficient (Wildman–Crippen LogP) is 2.25. The number of nitrogens with one attached hydrogen (secondary N) is 1. The maximum atomic E-state index is 10.7. The Kier molecular flexibility index (Phi) is 4.29. The highest BCUT2D eigenvalue weighted by molar-refractivity contribution is 7.86. The van der Waals surface area contributed by atoms with Gasteiger partial charge >= 0.3 is 5.51 Å². The molecule has 0 saturated heterocycles. The molecule has 0 aliphatic heterocycles. The van der Waals surface area contributed by atoms with Crippen molar-refractivity contribution in [2.45, 2.75) is 5.51 Å². The normalized spacial score (nSPS) is 12.0. The van der Waals surface area contributed by atoms with Crippen LogP contribution in [0.15, 0.2) is 48.8 Å². The van der Waals surface area contributed by atoms with Crippen LogP contribution in [-0.2, 0) is 10.1 Å². The lowest BCUT2D eigenvalue weighted by molar-refractivity contribution is -0.343. The molecule has 0 aliphatic rings. The molecule has 0 atom stereocenters. The minimum atomic E-state index is -6.09. The number of nitrogens with zero attached hydrogens (tertiary/aromatic N) is 1. The van der Waals surface area contributed by atoms with Gasteiger partial charge in [-0.25, -0.2) is 18.4 Å². The molecule has 5 nitrogen and oxygen atoms in total. The second-order valence-corrected chi connectivity index (χ2v) is 5.55. The fourth-order valence-electron chi connectivity index (χ4n) is 1.73. The van der Waals surface area contributed by atoms with Crippen molar-refractivity contribution in [3.05, 3.63) is 48.8 Å². The van der Waals surface area contributed by atoms with E-state index in [-0.39, 0.29) is 0 Å². The Morgan fingerprint density at radius 1 is 1.05 bits per heavy atom. The number of hydrogen-bond donors (Lipinski definition) is 0. The maximum Gasteiger partial charge on any atom is 0.485 e. The van der Waals surface area contributed by atoms with Crippen molar-refractivity contribution in [3.63, 3.8) is 0 Å². The Bertz CT molecular complexity index is 856. The lowest BCUT2D eigenvalue weighted by atomic mass is 10.1. The summed E-state index contributed by atoms with van der Waals surface area (Å²) in [5, 5.41) is 2.36. The predicted molar refractivity (Wildman–Crippen MR) is 71.6 cm³/mol. The summed E-state index contributed by atoms with van der Waals surface area (Å²) >= 11 is 0. The Balaban J connectivity index is 0.000000192. The fraction of sp³-hybridized carbons (Fsp3) is 0.0769. The van der Waals surface area contributed by atoms with Crippen LogP contribution in [-0.4, -0.2) is 23.5 Å². The molecular weight excluding hydrogens is 321 g/mol. The lowest BCUT2D eigenvalue weighted by Gasteiger charge is -2.08. The first-order valence-corrected chi connectivity index (χ1v) is 7.27. The third-order valence-corrected chi connectivity index (χ3v) is 3.26. The van der Waals surface area contributed by atoms with Gasteiger partial charge in [0.15, 0.2) is 16.3 Å². The van der Waals surface area contributed by atoms with Gasteiger partial charge in [-0.1, -0.05) is 12.1 Å². The highest BCUT2D eigenvalue weighted by atomic mass is 32.2. The quantitative estimate of drug-likeness (QED) is 0.359. The summed E-state index contributed by atoms with van der Waals surface area (Å²) in [5.41, 5.74) is -3.51. The molecule has 0 radical (unpaired) electrons. The Hall–Kier alpha value is -2.26. The molecule has 1 aromatic carbocycles. The van der Waals surface area contributed by atoms with Gasteiger partial charge in [-0.2, -0.15) is 13.2 Å². The number of aromatic amines is 1. The third kappa shape index (κ3) is 3.49. The second kappa shape index (κ2) is 5.85. The third-order valence-electron chi connectivity index (χ3n) is 2.69. The number of H-pyrrole nitrogens is 1. The van der Waals surface area contributed by atoms with Crippen LogP contribution in [0.3, 0.4) is 0 Å². The molecule has 2 heterocycles. The summed E-state index contributed by atoms with van der Waals surface area (Å²) in [6.45, 7) is 0. The van der Waals surface area contributed by atoms with E-state index in [1.807, 2.05) is 24.5 Å². The molecule has 3 aromatic rings. The molecular formula is C13H9F3N2O3S. The zero-order valence-electron chi connectivity index (χ0n) is 10.8. The number of alkyl halides is 3. The van der Waals surface area contributed by atoms with Gasteiger partial charge in [0.05, 0.1) is 0 Å². The van der Waals surface area contributed by atoms with Crippen LogP contribution in [0.5, 0.6) is 0 Å². The van der Waals surface area contributed by atoms with Crippen molar-refractivity contribution in [1.82, 2.24) is 4.98 Å².